The highest BCUT2D eigenvalue weighted by Crippen LogP contribution is 2.48. The number of ether oxygens (including phenoxy) is 1. The van der Waals surface area contributed by atoms with E-state index in [-0.39, 0.29) is 18.1 Å². The van der Waals surface area contributed by atoms with Crippen LogP contribution >= 0.6 is 43.2 Å². The number of halogens is 3. The Hall–Kier alpha value is -1.70. The first-order valence-corrected chi connectivity index (χ1v) is 10.8. The summed E-state index contributed by atoms with van der Waals surface area (Å²) >= 11 is 8.77. The molecule has 3 heterocycles. The van der Waals surface area contributed by atoms with Gasteiger partial charge in [0.1, 0.15) is 11.6 Å². The van der Waals surface area contributed by atoms with Crippen molar-refractivity contribution < 1.29 is 9.13 Å². The van der Waals surface area contributed by atoms with Crippen molar-refractivity contribution in [1.82, 2.24) is 5.01 Å². The number of hydrogen-bond donors (Lipinski definition) is 0. The van der Waals surface area contributed by atoms with Crippen LogP contribution in [0.2, 0.25) is 0 Å². The zero-order valence-corrected chi connectivity index (χ0v) is 17.9. The van der Waals surface area contributed by atoms with E-state index in [1.54, 1.807) is 23.5 Å². The van der Waals surface area contributed by atoms with Gasteiger partial charge in [0.2, 0.25) is 6.23 Å². The van der Waals surface area contributed by atoms with Gasteiger partial charge in [0.25, 0.3) is 0 Å². The Bertz CT molecular complexity index is 1050. The van der Waals surface area contributed by atoms with Gasteiger partial charge in [-0.3, -0.25) is 0 Å². The Morgan fingerprint density at radius 3 is 2.63 bits per heavy atom. The van der Waals surface area contributed by atoms with Gasteiger partial charge in [-0.05, 0) is 58.4 Å². The average molecular weight is 508 g/mol. The summed E-state index contributed by atoms with van der Waals surface area (Å²) in [4.78, 5) is 1.14. The van der Waals surface area contributed by atoms with Gasteiger partial charge in [-0.2, -0.15) is 5.10 Å². The van der Waals surface area contributed by atoms with Crippen molar-refractivity contribution in [2.24, 2.45) is 5.10 Å². The molecule has 7 heteroatoms. The van der Waals surface area contributed by atoms with E-state index in [9.17, 15) is 4.39 Å². The molecular formula is C20H13Br2FN2OS. The van der Waals surface area contributed by atoms with E-state index in [4.69, 9.17) is 9.84 Å². The quantitative estimate of drug-likeness (QED) is 0.387. The molecule has 2 aromatic carbocycles. The van der Waals surface area contributed by atoms with Crippen molar-refractivity contribution in [2.45, 2.75) is 18.7 Å². The number of hydrazone groups is 1. The minimum atomic E-state index is -0.384. The molecule has 0 N–H and O–H groups in total. The van der Waals surface area contributed by atoms with E-state index in [1.165, 1.54) is 12.1 Å². The molecule has 2 aliphatic heterocycles. The number of thiophene rings is 1. The second-order valence-corrected chi connectivity index (χ2v) is 9.83. The van der Waals surface area contributed by atoms with Gasteiger partial charge in [-0.15, -0.1) is 11.3 Å². The molecule has 0 fully saturated rings. The predicted molar refractivity (Wildman–Crippen MR) is 112 cm³/mol. The highest BCUT2D eigenvalue weighted by Gasteiger charge is 2.41. The first-order chi connectivity index (χ1) is 13.1. The van der Waals surface area contributed by atoms with Crippen LogP contribution in [-0.4, -0.2) is 10.7 Å². The summed E-state index contributed by atoms with van der Waals surface area (Å²) in [5, 5.41) is 6.91. The Labute approximate surface area is 176 Å². The summed E-state index contributed by atoms with van der Waals surface area (Å²) in [5.74, 6) is 0.585. The minimum Gasteiger partial charge on any atom is -0.464 e. The van der Waals surface area contributed by atoms with Gasteiger partial charge in [-0.25, -0.2) is 9.40 Å². The molecule has 0 aliphatic carbocycles. The molecule has 3 aromatic rings. The largest absolute Gasteiger partial charge is 0.464 e. The molecule has 0 saturated carbocycles. The van der Waals surface area contributed by atoms with Gasteiger partial charge < -0.3 is 4.74 Å². The highest BCUT2D eigenvalue weighted by atomic mass is 79.9. The van der Waals surface area contributed by atoms with Crippen molar-refractivity contribution in [3.05, 3.63) is 84.7 Å². The highest BCUT2D eigenvalue weighted by molar-refractivity contribution is 9.11. The molecule has 1 aromatic heterocycles. The zero-order chi connectivity index (χ0) is 18.5. The number of hydrogen-bond acceptors (Lipinski definition) is 4. The van der Waals surface area contributed by atoms with Crippen LogP contribution in [0.4, 0.5) is 4.39 Å². The Morgan fingerprint density at radius 2 is 1.89 bits per heavy atom. The van der Waals surface area contributed by atoms with Gasteiger partial charge >= 0.3 is 0 Å². The van der Waals surface area contributed by atoms with E-state index in [1.807, 2.05) is 23.2 Å². The minimum absolute atomic E-state index is 0.0807. The van der Waals surface area contributed by atoms with Crippen LogP contribution in [-0.2, 0) is 0 Å². The zero-order valence-electron chi connectivity index (χ0n) is 13.9. The molecule has 5 rings (SSSR count). The Kier molecular flexibility index (Phi) is 4.33. The fourth-order valence-corrected chi connectivity index (χ4v) is 5.28. The maximum Gasteiger partial charge on any atom is 0.213 e. The smallest absolute Gasteiger partial charge is 0.213 e. The van der Waals surface area contributed by atoms with Crippen LogP contribution < -0.4 is 4.74 Å². The van der Waals surface area contributed by atoms with E-state index < -0.39 is 0 Å². The molecule has 0 unspecified atom stereocenters. The van der Waals surface area contributed by atoms with Gasteiger partial charge in [0, 0.05) is 22.0 Å². The molecule has 2 atom stereocenters. The van der Waals surface area contributed by atoms with Crippen molar-refractivity contribution in [3.8, 4) is 5.75 Å². The lowest BCUT2D eigenvalue weighted by Crippen LogP contribution is -2.33. The van der Waals surface area contributed by atoms with E-state index in [0.717, 1.165) is 42.1 Å². The monoisotopic (exact) mass is 506 g/mol. The van der Waals surface area contributed by atoms with Crippen LogP contribution in [0.1, 0.15) is 34.7 Å². The Balaban J connectivity index is 1.60. The molecular weight excluding hydrogens is 495 g/mol. The SMILES string of the molecule is Fc1ccc([C@@H]2Oc3ccc(Br)cc3[C@H]3CC(c4ccc(Br)s4)=NN32)cc1. The first kappa shape index (κ1) is 17.4. The fraction of sp³-hybridized carbons (Fsp3) is 0.150. The van der Waals surface area contributed by atoms with Gasteiger partial charge in [-0.1, -0.05) is 28.1 Å². The number of rotatable bonds is 2. The summed E-state index contributed by atoms with van der Waals surface area (Å²) in [6.45, 7) is 0. The summed E-state index contributed by atoms with van der Waals surface area (Å²) in [6, 6.07) is 16.7. The molecule has 2 aliphatic rings. The molecule has 0 radical (unpaired) electrons. The molecule has 3 nitrogen and oxygen atoms in total. The topological polar surface area (TPSA) is 24.8 Å². The predicted octanol–water partition coefficient (Wildman–Crippen LogP) is 6.65. The lowest BCUT2D eigenvalue weighted by atomic mass is 9.98. The van der Waals surface area contributed by atoms with Gasteiger partial charge in [0.05, 0.1) is 20.4 Å². The number of benzene rings is 2. The van der Waals surface area contributed by atoms with E-state index in [2.05, 4.69) is 44.0 Å². The van der Waals surface area contributed by atoms with Crippen LogP contribution in [0.5, 0.6) is 5.75 Å². The molecule has 0 spiro atoms. The van der Waals surface area contributed by atoms with Gasteiger partial charge in [0.15, 0.2) is 0 Å². The molecule has 0 bridgehead atoms. The second kappa shape index (κ2) is 6.72. The number of fused-ring (bicyclic) bond motifs is 3. The van der Waals surface area contributed by atoms with Crippen LogP contribution in [0.3, 0.4) is 0 Å². The number of nitrogens with zero attached hydrogens (tertiary/aromatic N) is 2. The average Bonchev–Trinajstić information content (AvgIpc) is 3.28. The summed E-state index contributed by atoms with van der Waals surface area (Å²) in [7, 11) is 0. The maximum atomic E-state index is 13.4. The molecule has 27 heavy (non-hydrogen) atoms. The summed E-state index contributed by atoms with van der Waals surface area (Å²) in [5.41, 5.74) is 3.03. The lowest BCUT2D eigenvalue weighted by molar-refractivity contribution is -0.0191. The molecule has 136 valence electrons. The molecule has 0 saturated heterocycles. The van der Waals surface area contributed by atoms with Crippen molar-refractivity contribution in [2.75, 3.05) is 0 Å². The third-order valence-electron chi connectivity index (χ3n) is 4.76. The molecule has 0 amide bonds. The first-order valence-electron chi connectivity index (χ1n) is 8.41. The maximum absolute atomic E-state index is 13.4. The third kappa shape index (κ3) is 3.11. The third-order valence-corrected chi connectivity index (χ3v) is 6.93. The van der Waals surface area contributed by atoms with Crippen LogP contribution in [0.25, 0.3) is 0 Å². The Morgan fingerprint density at radius 1 is 1.07 bits per heavy atom. The van der Waals surface area contributed by atoms with Crippen molar-refractivity contribution in [3.63, 3.8) is 0 Å². The second-order valence-electron chi connectivity index (χ2n) is 6.45. The summed E-state index contributed by atoms with van der Waals surface area (Å²) in [6.07, 6.45) is 0.419. The fourth-order valence-electron chi connectivity index (χ4n) is 3.52. The van der Waals surface area contributed by atoms with E-state index in [0.29, 0.717) is 0 Å². The van der Waals surface area contributed by atoms with Crippen molar-refractivity contribution in [1.29, 1.82) is 0 Å². The van der Waals surface area contributed by atoms with Crippen molar-refractivity contribution >= 4 is 48.9 Å². The van der Waals surface area contributed by atoms with E-state index >= 15 is 0 Å². The van der Waals surface area contributed by atoms with Crippen LogP contribution in [0.15, 0.2) is 68.0 Å². The normalized spacial score (nSPS) is 20.7. The standard InChI is InChI=1S/C20H13Br2FN2OS/c21-12-3-6-17-14(9-12)16-10-15(18-7-8-19(22)27-18)24-25(16)20(26-17)11-1-4-13(23)5-2-11/h1-9,16,20H,10H2/t16-,20+/m1/s1. The lowest BCUT2D eigenvalue weighted by Gasteiger charge is -2.38. The summed E-state index contributed by atoms with van der Waals surface area (Å²) < 4.78 is 21.8. The van der Waals surface area contributed by atoms with Crippen LogP contribution in [0, 0.1) is 5.82 Å².